The third-order valence-corrected chi connectivity index (χ3v) is 5.50. The van der Waals surface area contributed by atoms with Crippen LogP contribution in [0.1, 0.15) is 34.0 Å². The van der Waals surface area contributed by atoms with Gasteiger partial charge in [0.15, 0.2) is 0 Å². The van der Waals surface area contributed by atoms with Gasteiger partial charge in [0, 0.05) is 29.9 Å². The van der Waals surface area contributed by atoms with Gasteiger partial charge in [-0.1, -0.05) is 29.8 Å². The smallest absolute Gasteiger partial charge is 0.394 e. The fourth-order valence-electron chi connectivity index (χ4n) is 3.34. The predicted molar refractivity (Wildman–Crippen MR) is 118 cm³/mol. The van der Waals surface area contributed by atoms with Crippen LogP contribution in [0.15, 0.2) is 60.1 Å². The minimum Gasteiger partial charge on any atom is -0.394 e. The number of nitrogens with one attached hydrogen (secondary N) is 1. The predicted octanol–water partition coefficient (Wildman–Crippen LogP) is 5.94. The molecule has 0 bridgehead atoms. The maximum atomic E-state index is 13.1. The van der Waals surface area contributed by atoms with Gasteiger partial charge in [-0.2, -0.15) is 31.4 Å². The molecule has 0 unspecified atom stereocenters. The average molecular weight is 517 g/mol. The summed E-state index contributed by atoms with van der Waals surface area (Å²) >= 11 is 6.25. The number of benzene rings is 2. The molecule has 0 aliphatic carbocycles. The molecule has 0 saturated heterocycles. The SMILES string of the molecule is C/C(NCc1cc(C(F)(F)F)cc(C(F)(F)F)c1)=C(/N)C(=O)c1cnn(C)c1-c1ccccc1Cl. The highest BCUT2D eigenvalue weighted by Crippen LogP contribution is 2.36. The van der Waals surface area contributed by atoms with Gasteiger partial charge in [-0.15, -0.1) is 0 Å². The van der Waals surface area contributed by atoms with Crippen molar-refractivity contribution in [1.29, 1.82) is 0 Å². The highest BCUT2D eigenvalue weighted by atomic mass is 35.5. The molecule has 0 spiro atoms. The third-order valence-electron chi connectivity index (χ3n) is 5.17. The molecule has 186 valence electrons. The number of hydrogen-bond acceptors (Lipinski definition) is 4. The van der Waals surface area contributed by atoms with Crippen LogP contribution in [0.3, 0.4) is 0 Å². The Kier molecular flexibility index (Phi) is 7.21. The molecule has 3 aromatic rings. The van der Waals surface area contributed by atoms with Crippen molar-refractivity contribution >= 4 is 17.4 Å². The molecular formula is C23H19ClF6N4O. The molecule has 3 rings (SSSR count). The van der Waals surface area contributed by atoms with E-state index >= 15 is 0 Å². The first-order chi connectivity index (χ1) is 16.2. The molecule has 0 atom stereocenters. The second kappa shape index (κ2) is 9.65. The number of alkyl halides is 6. The third kappa shape index (κ3) is 5.79. The monoisotopic (exact) mass is 516 g/mol. The molecule has 0 saturated carbocycles. The number of halogens is 7. The Balaban J connectivity index is 1.90. The Labute approximate surface area is 201 Å². The van der Waals surface area contributed by atoms with Crippen molar-refractivity contribution in [2.75, 3.05) is 0 Å². The summed E-state index contributed by atoms with van der Waals surface area (Å²) < 4.78 is 80.0. The topological polar surface area (TPSA) is 72.9 Å². The number of aryl methyl sites for hydroxylation is 1. The second-order valence-electron chi connectivity index (χ2n) is 7.65. The number of hydrogen-bond donors (Lipinski definition) is 2. The maximum absolute atomic E-state index is 13.1. The summed E-state index contributed by atoms with van der Waals surface area (Å²) in [5.41, 5.74) is 3.65. The standard InChI is InChI=1S/C23H19ClF6N4O/c1-12(32-10-13-7-14(22(25,26)27)9-15(8-13)23(28,29)30)19(31)21(35)17-11-33-34(2)20(17)16-5-3-4-6-18(16)24/h3-9,11,32H,10,31H2,1-2H3/b19-12-. The van der Waals surface area contributed by atoms with E-state index in [1.54, 1.807) is 31.3 Å². The Bertz CT molecular complexity index is 1260. The van der Waals surface area contributed by atoms with E-state index in [1.807, 2.05) is 0 Å². The van der Waals surface area contributed by atoms with Crippen LogP contribution in [0.5, 0.6) is 0 Å². The van der Waals surface area contributed by atoms with Crippen LogP contribution in [0.2, 0.25) is 5.02 Å². The molecule has 12 heteroatoms. The molecule has 1 heterocycles. The lowest BCUT2D eigenvalue weighted by molar-refractivity contribution is -0.143. The first-order valence-electron chi connectivity index (χ1n) is 10.00. The van der Waals surface area contributed by atoms with E-state index in [4.69, 9.17) is 17.3 Å². The van der Waals surface area contributed by atoms with Gasteiger partial charge < -0.3 is 11.1 Å². The number of nitrogens with zero attached hydrogens (tertiary/aromatic N) is 2. The van der Waals surface area contributed by atoms with Crippen molar-refractivity contribution in [3.05, 3.63) is 87.3 Å². The second-order valence-corrected chi connectivity index (χ2v) is 8.05. The van der Waals surface area contributed by atoms with Gasteiger partial charge in [-0.3, -0.25) is 9.48 Å². The number of allylic oxidation sites excluding steroid dienone is 2. The van der Waals surface area contributed by atoms with Crippen LogP contribution in [-0.2, 0) is 25.9 Å². The molecule has 0 radical (unpaired) electrons. The average Bonchev–Trinajstić information content (AvgIpc) is 3.16. The molecule has 2 aromatic carbocycles. The highest BCUT2D eigenvalue weighted by Gasteiger charge is 2.36. The fourth-order valence-corrected chi connectivity index (χ4v) is 3.57. The van der Waals surface area contributed by atoms with Crippen molar-refractivity contribution in [3.63, 3.8) is 0 Å². The largest absolute Gasteiger partial charge is 0.416 e. The Morgan fingerprint density at radius 3 is 2.17 bits per heavy atom. The Morgan fingerprint density at radius 1 is 1.06 bits per heavy atom. The maximum Gasteiger partial charge on any atom is 0.416 e. The van der Waals surface area contributed by atoms with Crippen molar-refractivity contribution in [1.82, 2.24) is 15.1 Å². The molecule has 0 fully saturated rings. The van der Waals surface area contributed by atoms with Gasteiger partial charge in [-0.25, -0.2) is 0 Å². The number of carbonyl (C=O) groups is 1. The van der Waals surface area contributed by atoms with Gasteiger partial charge >= 0.3 is 12.4 Å². The highest BCUT2D eigenvalue weighted by molar-refractivity contribution is 6.33. The van der Waals surface area contributed by atoms with Crippen LogP contribution in [0.25, 0.3) is 11.3 Å². The summed E-state index contributed by atoms with van der Waals surface area (Å²) in [7, 11) is 1.60. The molecule has 0 amide bonds. The van der Waals surface area contributed by atoms with Crippen molar-refractivity contribution < 1.29 is 31.1 Å². The summed E-state index contributed by atoms with van der Waals surface area (Å²) in [6, 6.07) is 8.00. The van der Waals surface area contributed by atoms with Crippen molar-refractivity contribution in [2.45, 2.75) is 25.8 Å². The number of nitrogens with two attached hydrogens (primary N) is 1. The zero-order chi connectivity index (χ0) is 26.1. The molecule has 1 aromatic heterocycles. The number of carbonyl (C=O) groups excluding carboxylic acids is 1. The number of ketones is 1. The zero-order valence-corrected chi connectivity index (χ0v) is 19.1. The van der Waals surface area contributed by atoms with Gasteiger partial charge in [0.05, 0.1) is 34.3 Å². The van der Waals surface area contributed by atoms with E-state index in [0.29, 0.717) is 28.4 Å². The van der Waals surface area contributed by atoms with E-state index in [0.717, 1.165) is 0 Å². The minimum atomic E-state index is -4.97. The van der Waals surface area contributed by atoms with Crippen LogP contribution in [0, 0.1) is 0 Å². The molecule has 3 N–H and O–H groups in total. The summed E-state index contributed by atoms with van der Waals surface area (Å²) in [5.74, 6) is -0.641. The first-order valence-corrected chi connectivity index (χ1v) is 10.4. The lowest BCUT2D eigenvalue weighted by Crippen LogP contribution is -2.22. The quantitative estimate of drug-likeness (QED) is 0.242. The summed E-state index contributed by atoms with van der Waals surface area (Å²) in [6.07, 6.45) is -8.64. The Morgan fingerprint density at radius 2 is 1.63 bits per heavy atom. The normalized spacial score (nSPS) is 12.9. The van der Waals surface area contributed by atoms with E-state index < -0.39 is 35.8 Å². The molecule has 0 aliphatic heterocycles. The van der Waals surface area contributed by atoms with E-state index in [1.165, 1.54) is 17.8 Å². The van der Waals surface area contributed by atoms with Crippen LogP contribution in [-0.4, -0.2) is 15.6 Å². The van der Waals surface area contributed by atoms with Gasteiger partial charge in [-0.05, 0) is 36.8 Å². The number of aromatic nitrogens is 2. The van der Waals surface area contributed by atoms with Gasteiger partial charge in [0.2, 0.25) is 5.78 Å². The molecule has 5 nitrogen and oxygen atoms in total. The lowest BCUT2D eigenvalue weighted by Gasteiger charge is -2.16. The summed E-state index contributed by atoms with van der Waals surface area (Å²) in [6.45, 7) is 0.953. The fraction of sp³-hybridized carbons (Fsp3) is 0.217. The van der Waals surface area contributed by atoms with Crippen molar-refractivity contribution in [3.8, 4) is 11.3 Å². The van der Waals surface area contributed by atoms with E-state index in [9.17, 15) is 31.1 Å². The number of Topliss-reactive ketones (excluding diaryl/α,β-unsaturated/α-hetero) is 1. The Hall–Kier alpha value is -3.47. The van der Waals surface area contributed by atoms with E-state index in [2.05, 4.69) is 10.4 Å². The summed E-state index contributed by atoms with van der Waals surface area (Å²) in [4.78, 5) is 13.1. The van der Waals surface area contributed by atoms with Crippen LogP contribution >= 0.6 is 11.6 Å². The molecule has 0 aliphatic rings. The number of rotatable bonds is 6. The first kappa shape index (κ1) is 26.1. The van der Waals surface area contributed by atoms with Crippen LogP contribution < -0.4 is 11.1 Å². The zero-order valence-electron chi connectivity index (χ0n) is 18.4. The molecule has 35 heavy (non-hydrogen) atoms. The van der Waals surface area contributed by atoms with Crippen molar-refractivity contribution in [2.24, 2.45) is 12.8 Å². The van der Waals surface area contributed by atoms with Gasteiger partial charge in [0.1, 0.15) is 0 Å². The minimum absolute atomic E-state index is 0.0444. The lowest BCUT2D eigenvalue weighted by atomic mass is 10.0. The molecular weight excluding hydrogens is 498 g/mol. The van der Waals surface area contributed by atoms with E-state index in [-0.39, 0.29) is 28.6 Å². The van der Waals surface area contributed by atoms with Gasteiger partial charge in [0.25, 0.3) is 0 Å². The van der Waals surface area contributed by atoms with Crippen LogP contribution in [0.4, 0.5) is 26.3 Å². The summed E-state index contributed by atoms with van der Waals surface area (Å²) in [5, 5.41) is 7.08.